The minimum absolute atomic E-state index is 0.0718. The van der Waals surface area contributed by atoms with Crippen molar-refractivity contribution in [2.24, 2.45) is 0 Å². The SMILES string of the molecule is CCOC(C)=[O+][O-]. The van der Waals surface area contributed by atoms with Crippen molar-refractivity contribution >= 4 is 5.97 Å². The molecule has 0 rings (SSSR count). The zero-order valence-corrected chi connectivity index (χ0v) is 4.43. The third kappa shape index (κ3) is 3.09. The van der Waals surface area contributed by atoms with Crippen LogP contribution in [0.3, 0.4) is 0 Å². The molecule has 0 heterocycles. The van der Waals surface area contributed by atoms with Gasteiger partial charge in [-0.25, -0.2) is 0 Å². The summed E-state index contributed by atoms with van der Waals surface area (Å²) in [6.45, 7) is 3.73. The molecule has 0 amide bonds. The van der Waals surface area contributed by atoms with Crippen LogP contribution < -0.4 is 5.26 Å². The van der Waals surface area contributed by atoms with Gasteiger partial charge in [0.25, 0.3) is 0 Å². The molecule has 7 heavy (non-hydrogen) atoms. The van der Waals surface area contributed by atoms with E-state index in [0.717, 1.165) is 0 Å². The summed E-state index contributed by atoms with van der Waals surface area (Å²) in [4.78, 5) is 0. The van der Waals surface area contributed by atoms with Gasteiger partial charge < -0.3 is 9.99 Å². The van der Waals surface area contributed by atoms with Gasteiger partial charge in [0.05, 0.1) is 6.92 Å². The van der Waals surface area contributed by atoms with Crippen molar-refractivity contribution in [2.75, 3.05) is 6.61 Å². The molecule has 0 spiro atoms. The van der Waals surface area contributed by atoms with Gasteiger partial charge >= 0.3 is 5.97 Å². The Kier molecular flexibility index (Phi) is 3.10. The van der Waals surface area contributed by atoms with Crippen molar-refractivity contribution in [3.8, 4) is 0 Å². The smallest absolute Gasteiger partial charge is 0.493 e. The molecule has 0 saturated heterocycles. The zero-order chi connectivity index (χ0) is 5.70. The van der Waals surface area contributed by atoms with Gasteiger partial charge in [-0.1, -0.05) is 0 Å². The maximum atomic E-state index is 9.36. The molecular weight excluding hydrogens is 96.0 g/mol. The van der Waals surface area contributed by atoms with E-state index in [1.54, 1.807) is 6.92 Å². The highest BCUT2D eigenvalue weighted by molar-refractivity contribution is 5.66. The lowest BCUT2D eigenvalue weighted by Crippen LogP contribution is -2.09. The first-order chi connectivity index (χ1) is 3.31. The van der Waals surface area contributed by atoms with E-state index in [4.69, 9.17) is 0 Å². The number of esters is 1. The fraction of sp³-hybridized carbons (Fsp3) is 0.750. The molecule has 0 unspecified atom stereocenters. The second-order valence-electron chi connectivity index (χ2n) is 1.01. The van der Waals surface area contributed by atoms with Crippen molar-refractivity contribution < 1.29 is 14.6 Å². The van der Waals surface area contributed by atoms with Crippen LogP contribution in [0.15, 0.2) is 0 Å². The van der Waals surface area contributed by atoms with Crippen LogP contribution in [-0.4, -0.2) is 12.6 Å². The first-order valence-electron chi connectivity index (χ1n) is 2.07. The summed E-state index contributed by atoms with van der Waals surface area (Å²) in [6, 6.07) is 0. The van der Waals surface area contributed by atoms with E-state index >= 15 is 0 Å². The van der Waals surface area contributed by atoms with Crippen molar-refractivity contribution in [3.63, 3.8) is 0 Å². The van der Waals surface area contributed by atoms with Gasteiger partial charge in [0.1, 0.15) is 0 Å². The third-order valence-electron chi connectivity index (χ3n) is 0.465. The first kappa shape index (κ1) is 6.27. The minimum atomic E-state index is 0.0718. The molecule has 42 valence electrons. The van der Waals surface area contributed by atoms with Gasteiger partial charge in [-0.2, -0.15) is 0 Å². The lowest BCUT2D eigenvalue weighted by atomic mass is 10.8. The second-order valence-corrected chi connectivity index (χ2v) is 1.01. The molecule has 0 aromatic heterocycles. The van der Waals surface area contributed by atoms with Crippen LogP contribution in [0.1, 0.15) is 13.8 Å². The molecule has 0 N–H and O–H groups in total. The Bertz CT molecular complexity index is 67.3. The predicted molar refractivity (Wildman–Crippen MR) is 22.3 cm³/mol. The van der Waals surface area contributed by atoms with Crippen LogP contribution in [-0.2, 0) is 9.31 Å². The Hall–Kier alpha value is -0.730. The third-order valence-corrected chi connectivity index (χ3v) is 0.465. The number of carbonyl (C=O) groups excluding carboxylic acids is 1. The van der Waals surface area contributed by atoms with Crippen molar-refractivity contribution in [1.82, 2.24) is 0 Å². The Morgan fingerprint density at radius 2 is 2.43 bits per heavy atom. The largest absolute Gasteiger partial charge is 0.588 e. The highest BCUT2D eigenvalue weighted by Gasteiger charge is 1.97. The number of rotatable bonds is 1. The molecule has 0 aliphatic carbocycles. The average Bonchev–Trinajstić information content (AvgIpc) is 1.68. The van der Waals surface area contributed by atoms with Gasteiger partial charge in [0, 0.05) is 0 Å². The fourth-order valence-corrected chi connectivity index (χ4v) is 0.227. The van der Waals surface area contributed by atoms with Crippen molar-refractivity contribution in [3.05, 3.63) is 0 Å². The predicted octanol–water partition coefficient (Wildman–Crippen LogP) is -0.620. The van der Waals surface area contributed by atoms with Crippen LogP contribution in [0.25, 0.3) is 0 Å². The summed E-state index contributed by atoms with van der Waals surface area (Å²) in [6.07, 6.45) is 0. The van der Waals surface area contributed by atoms with Crippen LogP contribution >= 0.6 is 0 Å². The molecule has 0 atom stereocenters. The number of ether oxygens (including phenoxy) is 1. The summed E-state index contributed by atoms with van der Waals surface area (Å²) in [5.74, 6) is 0.0718. The van der Waals surface area contributed by atoms with Crippen molar-refractivity contribution in [1.29, 1.82) is 0 Å². The molecule has 0 bridgehead atoms. The molecule has 0 aliphatic heterocycles. The van der Waals surface area contributed by atoms with Crippen LogP contribution in [0.2, 0.25) is 0 Å². The van der Waals surface area contributed by atoms with Crippen LogP contribution in [0, 0.1) is 0 Å². The second kappa shape index (κ2) is 3.46. The molecule has 0 aliphatic rings. The van der Waals surface area contributed by atoms with Gasteiger partial charge in [-0.15, -0.1) is 0 Å². The molecular formula is C4H8O3. The van der Waals surface area contributed by atoms with Gasteiger partial charge in [0.15, 0.2) is 6.61 Å². The molecule has 3 nitrogen and oxygen atoms in total. The maximum absolute atomic E-state index is 9.36. The Morgan fingerprint density at radius 1 is 1.86 bits per heavy atom. The van der Waals surface area contributed by atoms with Gasteiger partial charge in [0.2, 0.25) is 0 Å². The summed E-state index contributed by atoms with van der Waals surface area (Å²) in [7, 11) is 0. The topological polar surface area (TPSA) is 43.6 Å². The van der Waals surface area contributed by atoms with Crippen LogP contribution in [0.5, 0.6) is 0 Å². The Morgan fingerprint density at radius 3 is 2.57 bits per heavy atom. The standard InChI is InChI=1S/C4H8O3/c1-3-6-4(2)7-5/h3H2,1-2H3. The van der Waals surface area contributed by atoms with E-state index in [-0.39, 0.29) is 5.97 Å². The van der Waals surface area contributed by atoms with Crippen molar-refractivity contribution in [2.45, 2.75) is 13.8 Å². The summed E-state index contributed by atoms with van der Waals surface area (Å²) in [5.41, 5.74) is 0. The minimum Gasteiger partial charge on any atom is -0.588 e. The van der Waals surface area contributed by atoms with Gasteiger partial charge in [-0.05, 0) is 6.92 Å². The van der Waals surface area contributed by atoms with E-state index in [0.29, 0.717) is 6.61 Å². The Labute approximate surface area is 42.2 Å². The number of hydrogen-bond acceptors (Lipinski definition) is 2. The first-order valence-corrected chi connectivity index (χ1v) is 2.07. The quantitative estimate of drug-likeness (QED) is 0.192. The molecule has 0 fully saturated rings. The number of hydrogen-bond donors (Lipinski definition) is 0. The highest BCUT2D eigenvalue weighted by atomic mass is 17.1. The van der Waals surface area contributed by atoms with Gasteiger partial charge in [-0.3, -0.25) is 4.58 Å². The lowest BCUT2D eigenvalue weighted by molar-refractivity contribution is -1.05. The highest BCUT2D eigenvalue weighted by Crippen LogP contribution is 1.71. The van der Waals surface area contributed by atoms with E-state index < -0.39 is 0 Å². The molecule has 0 aromatic carbocycles. The molecule has 3 heteroatoms. The van der Waals surface area contributed by atoms with E-state index in [1.165, 1.54) is 6.92 Å². The summed E-state index contributed by atoms with van der Waals surface area (Å²) >= 11 is 0. The fourth-order valence-electron chi connectivity index (χ4n) is 0.227. The molecule has 0 aromatic rings. The monoisotopic (exact) mass is 104 g/mol. The summed E-state index contributed by atoms with van der Waals surface area (Å²) in [5, 5.41) is 9.36. The van der Waals surface area contributed by atoms with E-state index in [1.807, 2.05) is 0 Å². The van der Waals surface area contributed by atoms with E-state index in [2.05, 4.69) is 9.31 Å². The maximum Gasteiger partial charge on any atom is 0.493 e. The van der Waals surface area contributed by atoms with E-state index in [9.17, 15) is 5.26 Å². The molecule has 0 saturated carbocycles. The van der Waals surface area contributed by atoms with Crippen LogP contribution in [0.4, 0.5) is 0 Å². The molecule has 0 radical (unpaired) electrons. The normalized spacial score (nSPS) is 11.4. The Balaban J connectivity index is 3.17. The zero-order valence-electron chi connectivity index (χ0n) is 4.43. The summed E-state index contributed by atoms with van der Waals surface area (Å²) < 4.78 is 8.01. The average molecular weight is 104 g/mol. The lowest BCUT2D eigenvalue weighted by Gasteiger charge is -1.84.